The third-order valence-electron chi connectivity index (χ3n) is 5.61. The SMILES string of the molecule is C=CC(=O)OC1CC(C)(C)N(OC(C)c2ccccc2)C(CC)(CC)C1. The molecule has 0 bridgehead atoms. The molecule has 1 aromatic carbocycles. The molecule has 1 saturated heterocycles. The molecule has 1 heterocycles. The highest BCUT2D eigenvalue weighted by atomic mass is 16.7. The van der Waals surface area contributed by atoms with Crippen LogP contribution < -0.4 is 0 Å². The Kier molecular flexibility index (Phi) is 6.64. The number of esters is 1. The minimum Gasteiger partial charge on any atom is -0.459 e. The van der Waals surface area contributed by atoms with E-state index in [2.05, 4.69) is 58.4 Å². The Morgan fingerprint density at radius 1 is 1.27 bits per heavy atom. The van der Waals surface area contributed by atoms with Gasteiger partial charge in [0.2, 0.25) is 0 Å². The summed E-state index contributed by atoms with van der Waals surface area (Å²) in [6.07, 6.45) is 4.43. The van der Waals surface area contributed by atoms with Crippen molar-refractivity contribution in [1.82, 2.24) is 5.06 Å². The third-order valence-corrected chi connectivity index (χ3v) is 5.61. The highest BCUT2D eigenvalue weighted by Gasteiger charge is 2.51. The molecule has 2 rings (SSSR count). The minimum absolute atomic E-state index is 0.0415. The summed E-state index contributed by atoms with van der Waals surface area (Å²) in [6, 6.07) is 10.3. The van der Waals surface area contributed by atoms with Crippen LogP contribution in [0, 0.1) is 0 Å². The lowest BCUT2D eigenvalue weighted by Gasteiger charge is -2.56. The van der Waals surface area contributed by atoms with Crippen LogP contribution in [0.25, 0.3) is 0 Å². The second kappa shape index (κ2) is 8.36. The van der Waals surface area contributed by atoms with E-state index < -0.39 is 0 Å². The normalized spacial score (nSPS) is 23.2. The second-order valence-corrected chi connectivity index (χ2v) is 7.87. The first-order valence-corrected chi connectivity index (χ1v) is 9.63. The summed E-state index contributed by atoms with van der Waals surface area (Å²) < 4.78 is 5.63. The molecule has 4 nitrogen and oxygen atoms in total. The molecule has 1 aromatic rings. The second-order valence-electron chi connectivity index (χ2n) is 7.87. The van der Waals surface area contributed by atoms with Gasteiger partial charge in [-0.25, -0.2) is 4.79 Å². The van der Waals surface area contributed by atoms with Crippen molar-refractivity contribution in [3.8, 4) is 0 Å². The predicted octanol–water partition coefficient (Wildman–Crippen LogP) is 5.21. The van der Waals surface area contributed by atoms with Gasteiger partial charge in [-0.05, 0) is 39.2 Å². The van der Waals surface area contributed by atoms with Crippen molar-refractivity contribution in [2.24, 2.45) is 0 Å². The van der Waals surface area contributed by atoms with Crippen molar-refractivity contribution in [3.63, 3.8) is 0 Å². The molecule has 0 saturated carbocycles. The van der Waals surface area contributed by atoms with Gasteiger partial charge in [0.05, 0.1) is 0 Å². The van der Waals surface area contributed by atoms with E-state index in [1.807, 2.05) is 18.2 Å². The van der Waals surface area contributed by atoms with Crippen LogP contribution >= 0.6 is 0 Å². The highest BCUT2D eigenvalue weighted by molar-refractivity contribution is 5.81. The first-order valence-electron chi connectivity index (χ1n) is 9.63. The lowest BCUT2D eigenvalue weighted by molar-refractivity contribution is -0.323. The Labute approximate surface area is 158 Å². The lowest BCUT2D eigenvalue weighted by atomic mass is 9.75. The van der Waals surface area contributed by atoms with E-state index in [4.69, 9.17) is 9.57 Å². The number of carbonyl (C=O) groups excluding carboxylic acids is 1. The monoisotopic (exact) mass is 359 g/mol. The van der Waals surface area contributed by atoms with Crippen LogP contribution in [0.3, 0.4) is 0 Å². The van der Waals surface area contributed by atoms with Crippen molar-refractivity contribution >= 4 is 5.97 Å². The molecule has 0 N–H and O–H groups in total. The van der Waals surface area contributed by atoms with E-state index in [0.717, 1.165) is 31.2 Å². The van der Waals surface area contributed by atoms with Crippen LogP contribution in [0.15, 0.2) is 43.0 Å². The van der Waals surface area contributed by atoms with E-state index in [1.54, 1.807) is 0 Å². The van der Waals surface area contributed by atoms with Crippen LogP contribution in [0.2, 0.25) is 0 Å². The Morgan fingerprint density at radius 2 is 1.88 bits per heavy atom. The molecule has 0 spiro atoms. The standard InChI is InChI=1S/C22H33NO3/c1-7-20(24)25-19-15-21(5,6)23(22(8-2,9-3)16-19)26-17(4)18-13-11-10-12-14-18/h7,10-14,17,19H,1,8-9,15-16H2,2-6H3. The number of hydroxylamine groups is 2. The molecule has 1 aliphatic rings. The zero-order valence-electron chi connectivity index (χ0n) is 16.8. The van der Waals surface area contributed by atoms with Gasteiger partial charge < -0.3 is 4.74 Å². The largest absolute Gasteiger partial charge is 0.459 e. The number of nitrogens with zero attached hydrogens (tertiary/aromatic N) is 1. The molecule has 4 heteroatoms. The maximum Gasteiger partial charge on any atom is 0.330 e. The van der Waals surface area contributed by atoms with Crippen molar-refractivity contribution in [2.75, 3.05) is 0 Å². The highest BCUT2D eigenvalue weighted by Crippen LogP contribution is 2.45. The number of benzene rings is 1. The molecule has 1 fully saturated rings. The van der Waals surface area contributed by atoms with Gasteiger partial charge in [-0.1, -0.05) is 50.8 Å². The van der Waals surface area contributed by atoms with Crippen LogP contribution in [0.1, 0.15) is 72.0 Å². The number of carbonyl (C=O) groups is 1. The lowest BCUT2D eigenvalue weighted by Crippen LogP contribution is -2.64. The van der Waals surface area contributed by atoms with Crippen molar-refractivity contribution in [2.45, 2.75) is 83.6 Å². The summed E-state index contributed by atoms with van der Waals surface area (Å²) in [6.45, 7) is 14.3. The average molecular weight is 360 g/mol. The van der Waals surface area contributed by atoms with E-state index in [-0.39, 0.29) is 29.3 Å². The van der Waals surface area contributed by atoms with Gasteiger partial charge >= 0.3 is 5.97 Å². The molecule has 26 heavy (non-hydrogen) atoms. The summed E-state index contributed by atoms with van der Waals surface area (Å²) in [5.74, 6) is -0.348. The summed E-state index contributed by atoms with van der Waals surface area (Å²) in [4.78, 5) is 18.3. The summed E-state index contributed by atoms with van der Waals surface area (Å²) in [7, 11) is 0. The van der Waals surface area contributed by atoms with Gasteiger partial charge in [-0.2, -0.15) is 5.06 Å². The molecule has 0 aliphatic carbocycles. The number of ether oxygens (including phenoxy) is 1. The molecule has 2 unspecified atom stereocenters. The van der Waals surface area contributed by atoms with Crippen LogP contribution in [-0.2, 0) is 14.4 Å². The molecule has 0 radical (unpaired) electrons. The van der Waals surface area contributed by atoms with E-state index >= 15 is 0 Å². The summed E-state index contributed by atoms with van der Waals surface area (Å²) in [5.41, 5.74) is 0.737. The summed E-state index contributed by atoms with van der Waals surface area (Å²) in [5, 5.41) is 2.19. The Bertz CT molecular complexity index is 607. The number of hydrogen-bond donors (Lipinski definition) is 0. The quantitative estimate of drug-likeness (QED) is 0.495. The van der Waals surface area contributed by atoms with E-state index in [9.17, 15) is 4.79 Å². The molecular formula is C22H33NO3. The van der Waals surface area contributed by atoms with Crippen LogP contribution in [0.5, 0.6) is 0 Å². The van der Waals surface area contributed by atoms with Crippen molar-refractivity contribution < 1.29 is 14.4 Å². The molecule has 144 valence electrons. The zero-order chi connectivity index (χ0) is 19.4. The Hall–Kier alpha value is -1.65. The maximum atomic E-state index is 11.7. The van der Waals surface area contributed by atoms with E-state index in [0.29, 0.717) is 0 Å². The predicted molar refractivity (Wildman–Crippen MR) is 104 cm³/mol. The van der Waals surface area contributed by atoms with Crippen molar-refractivity contribution in [1.29, 1.82) is 0 Å². The molecule has 1 aliphatic heterocycles. The smallest absolute Gasteiger partial charge is 0.330 e. The fourth-order valence-corrected chi connectivity index (χ4v) is 4.18. The van der Waals surface area contributed by atoms with Gasteiger partial charge in [-0.3, -0.25) is 4.84 Å². The maximum absolute atomic E-state index is 11.7. The average Bonchev–Trinajstić information content (AvgIpc) is 2.63. The number of piperidine rings is 1. The van der Waals surface area contributed by atoms with Gasteiger partial charge in [-0.15, -0.1) is 0 Å². The third kappa shape index (κ3) is 4.36. The fourth-order valence-electron chi connectivity index (χ4n) is 4.18. The first-order chi connectivity index (χ1) is 12.3. The van der Waals surface area contributed by atoms with Gasteiger partial charge in [0.15, 0.2) is 0 Å². The number of hydrogen-bond acceptors (Lipinski definition) is 4. The Balaban J connectivity index is 2.27. The van der Waals surface area contributed by atoms with Gasteiger partial charge in [0.25, 0.3) is 0 Å². The fraction of sp³-hybridized carbons (Fsp3) is 0.591. The first kappa shape index (κ1) is 20.7. The van der Waals surface area contributed by atoms with E-state index in [1.165, 1.54) is 6.08 Å². The Morgan fingerprint density at radius 3 is 2.42 bits per heavy atom. The van der Waals surface area contributed by atoms with Gasteiger partial charge in [0.1, 0.15) is 12.2 Å². The van der Waals surface area contributed by atoms with Crippen LogP contribution in [-0.4, -0.2) is 28.2 Å². The molecule has 0 amide bonds. The zero-order valence-corrected chi connectivity index (χ0v) is 16.8. The minimum atomic E-state index is -0.348. The van der Waals surface area contributed by atoms with Crippen LogP contribution in [0.4, 0.5) is 0 Å². The van der Waals surface area contributed by atoms with Gasteiger partial charge in [0, 0.05) is 30.0 Å². The number of rotatable bonds is 7. The molecular weight excluding hydrogens is 326 g/mol. The molecule has 2 atom stereocenters. The van der Waals surface area contributed by atoms with Crippen molar-refractivity contribution in [3.05, 3.63) is 48.6 Å². The topological polar surface area (TPSA) is 38.8 Å². The molecule has 0 aromatic heterocycles. The summed E-state index contributed by atoms with van der Waals surface area (Å²) >= 11 is 0.